The van der Waals surface area contributed by atoms with Crippen LogP contribution >= 0.6 is 0 Å². The van der Waals surface area contributed by atoms with Gasteiger partial charge in [-0.15, -0.1) is 0 Å². The Morgan fingerprint density at radius 3 is 3.09 bits per heavy atom. The zero-order valence-electron chi connectivity index (χ0n) is 6.40. The summed E-state index contributed by atoms with van der Waals surface area (Å²) in [5.74, 6) is 0. The molecule has 0 fully saturated rings. The number of rotatable bonds is 0. The summed E-state index contributed by atoms with van der Waals surface area (Å²) >= 11 is 0. The normalized spacial score (nSPS) is 15.0. The van der Waals surface area contributed by atoms with Crippen molar-refractivity contribution in [2.45, 2.75) is 20.0 Å². The minimum atomic E-state index is 0.0347. The van der Waals surface area contributed by atoms with E-state index in [1.807, 2.05) is 13.0 Å². The van der Waals surface area contributed by atoms with Gasteiger partial charge in [0, 0.05) is 24.3 Å². The summed E-state index contributed by atoms with van der Waals surface area (Å²) < 4.78 is 0. The Kier molecular flexibility index (Phi) is 1.32. The van der Waals surface area contributed by atoms with Crippen molar-refractivity contribution in [1.82, 2.24) is 10.3 Å². The van der Waals surface area contributed by atoms with Gasteiger partial charge in [-0.1, -0.05) is 0 Å². The molecule has 2 N–H and O–H groups in total. The number of hydrogen-bond acceptors (Lipinski definition) is 2. The van der Waals surface area contributed by atoms with Crippen molar-refractivity contribution in [2.75, 3.05) is 0 Å². The molecule has 0 atom stereocenters. The van der Waals surface area contributed by atoms with E-state index in [4.69, 9.17) is 0 Å². The maximum Gasteiger partial charge on any atom is 0.251 e. The molecule has 0 bridgehead atoms. The Morgan fingerprint density at radius 1 is 1.45 bits per heavy atom. The number of fused-ring (bicyclic) bond motifs is 1. The fraction of sp³-hybridized carbons (Fsp3) is 0.375. The molecule has 1 aromatic heterocycles. The fourth-order valence-corrected chi connectivity index (χ4v) is 1.37. The minimum absolute atomic E-state index is 0.0347. The van der Waals surface area contributed by atoms with Gasteiger partial charge in [0.2, 0.25) is 0 Å². The topological polar surface area (TPSA) is 44.9 Å². The van der Waals surface area contributed by atoms with Gasteiger partial charge in [0.25, 0.3) is 5.56 Å². The van der Waals surface area contributed by atoms with E-state index in [1.54, 1.807) is 0 Å². The van der Waals surface area contributed by atoms with Crippen LogP contribution in [0.1, 0.15) is 16.8 Å². The third kappa shape index (κ3) is 0.973. The Labute approximate surface area is 64.5 Å². The smallest absolute Gasteiger partial charge is 0.251 e. The van der Waals surface area contributed by atoms with Gasteiger partial charge < -0.3 is 10.3 Å². The average Bonchev–Trinajstić information content (AvgIpc) is 2.36. The summed E-state index contributed by atoms with van der Waals surface area (Å²) in [6.07, 6.45) is 0. The highest BCUT2D eigenvalue weighted by molar-refractivity contribution is 5.27. The molecular formula is C8H10N2O. The van der Waals surface area contributed by atoms with Crippen molar-refractivity contribution in [1.29, 1.82) is 0 Å². The third-order valence-corrected chi connectivity index (χ3v) is 2.02. The second-order valence-electron chi connectivity index (χ2n) is 2.89. The zero-order chi connectivity index (χ0) is 7.84. The van der Waals surface area contributed by atoms with Gasteiger partial charge in [-0.25, -0.2) is 0 Å². The standard InChI is InChI=1S/C8H10N2O/c1-5-2-6-3-9-4-7(6)10-8(5)11/h2,9H,3-4H2,1H3,(H,10,11). The van der Waals surface area contributed by atoms with Crippen LogP contribution in [-0.4, -0.2) is 4.98 Å². The highest BCUT2D eigenvalue weighted by Crippen LogP contribution is 2.10. The molecular weight excluding hydrogens is 140 g/mol. The van der Waals surface area contributed by atoms with Gasteiger partial charge in [0.1, 0.15) is 0 Å². The predicted molar refractivity (Wildman–Crippen MR) is 42.3 cm³/mol. The number of aryl methyl sites for hydroxylation is 1. The number of H-pyrrole nitrogens is 1. The largest absolute Gasteiger partial charge is 0.324 e. The third-order valence-electron chi connectivity index (χ3n) is 2.02. The quantitative estimate of drug-likeness (QED) is 0.558. The molecule has 0 aromatic carbocycles. The van der Waals surface area contributed by atoms with E-state index in [-0.39, 0.29) is 5.56 Å². The van der Waals surface area contributed by atoms with Crippen LogP contribution in [0.15, 0.2) is 10.9 Å². The fourth-order valence-electron chi connectivity index (χ4n) is 1.37. The first-order valence-corrected chi connectivity index (χ1v) is 3.70. The van der Waals surface area contributed by atoms with Crippen molar-refractivity contribution < 1.29 is 0 Å². The molecule has 0 radical (unpaired) electrons. The molecule has 0 saturated carbocycles. The molecule has 3 heteroatoms. The molecule has 2 rings (SSSR count). The highest BCUT2D eigenvalue weighted by atomic mass is 16.1. The van der Waals surface area contributed by atoms with Crippen LogP contribution in [-0.2, 0) is 13.1 Å². The molecule has 2 heterocycles. The van der Waals surface area contributed by atoms with Crippen molar-refractivity contribution in [3.05, 3.63) is 33.2 Å². The summed E-state index contributed by atoms with van der Waals surface area (Å²) in [7, 11) is 0. The monoisotopic (exact) mass is 150 g/mol. The summed E-state index contributed by atoms with van der Waals surface area (Å²) in [5.41, 5.74) is 3.10. The van der Waals surface area contributed by atoms with E-state index >= 15 is 0 Å². The minimum Gasteiger partial charge on any atom is -0.324 e. The molecule has 58 valence electrons. The molecule has 1 aliphatic heterocycles. The summed E-state index contributed by atoms with van der Waals surface area (Å²) in [4.78, 5) is 13.9. The highest BCUT2D eigenvalue weighted by Gasteiger charge is 2.10. The molecule has 1 aromatic rings. The van der Waals surface area contributed by atoms with E-state index in [2.05, 4.69) is 10.3 Å². The van der Waals surface area contributed by atoms with E-state index in [1.165, 1.54) is 5.56 Å². The number of pyridine rings is 1. The number of aromatic nitrogens is 1. The first-order chi connectivity index (χ1) is 5.27. The molecule has 0 unspecified atom stereocenters. The Bertz CT molecular complexity index is 340. The van der Waals surface area contributed by atoms with Crippen LogP contribution in [0.25, 0.3) is 0 Å². The second kappa shape index (κ2) is 2.20. The molecule has 0 spiro atoms. The van der Waals surface area contributed by atoms with Crippen LogP contribution in [0.5, 0.6) is 0 Å². The van der Waals surface area contributed by atoms with Crippen molar-refractivity contribution >= 4 is 0 Å². The van der Waals surface area contributed by atoms with Crippen molar-refractivity contribution in [3.8, 4) is 0 Å². The van der Waals surface area contributed by atoms with Crippen LogP contribution in [0.2, 0.25) is 0 Å². The maximum atomic E-state index is 11.1. The van der Waals surface area contributed by atoms with Crippen LogP contribution in [0, 0.1) is 6.92 Å². The van der Waals surface area contributed by atoms with Gasteiger partial charge in [-0.2, -0.15) is 0 Å². The first kappa shape index (κ1) is 6.61. The van der Waals surface area contributed by atoms with E-state index in [9.17, 15) is 4.79 Å². The van der Waals surface area contributed by atoms with Crippen LogP contribution in [0.3, 0.4) is 0 Å². The van der Waals surface area contributed by atoms with Gasteiger partial charge >= 0.3 is 0 Å². The van der Waals surface area contributed by atoms with Crippen LogP contribution in [0.4, 0.5) is 0 Å². The number of aromatic amines is 1. The lowest BCUT2D eigenvalue weighted by Gasteiger charge is -1.97. The summed E-state index contributed by atoms with van der Waals surface area (Å²) in [6, 6.07) is 1.95. The van der Waals surface area contributed by atoms with Crippen molar-refractivity contribution in [3.63, 3.8) is 0 Å². The first-order valence-electron chi connectivity index (χ1n) is 3.70. The SMILES string of the molecule is Cc1cc2c([nH]c1=O)CNC2. The van der Waals surface area contributed by atoms with E-state index in [0.29, 0.717) is 0 Å². The van der Waals surface area contributed by atoms with Gasteiger partial charge in [0.15, 0.2) is 0 Å². The Hall–Kier alpha value is -1.09. The van der Waals surface area contributed by atoms with Gasteiger partial charge in [-0.3, -0.25) is 4.79 Å². The zero-order valence-corrected chi connectivity index (χ0v) is 6.40. The molecule has 11 heavy (non-hydrogen) atoms. The van der Waals surface area contributed by atoms with Crippen molar-refractivity contribution in [2.24, 2.45) is 0 Å². The summed E-state index contributed by atoms with van der Waals surface area (Å²) in [5, 5.41) is 3.17. The van der Waals surface area contributed by atoms with Gasteiger partial charge in [0.05, 0.1) is 0 Å². The molecule has 0 aliphatic carbocycles. The molecule has 0 amide bonds. The lowest BCUT2D eigenvalue weighted by Crippen LogP contribution is -2.11. The average molecular weight is 150 g/mol. The summed E-state index contributed by atoms with van der Waals surface area (Å²) in [6.45, 7) is 3.51. The molecule has 0 saturated heterocycles. The van der Waals surface area contributed by atoms with Gasteiger partial charge in [-0.05, 0) is 18.6 Å². The number of hydrogen-bond donors (Lipinski definition) is 2. The lowest BCUT2D eigenvalue weighted by atomic mass is 10.2. The Balaban J connectivity index is 2.66. The second-order valence-corrected chi connectivity index (χ2v) is 2.89. The van der Waals surface area contributed by atoms with E-state index < -0.39 is 0 Å². The lowest BCUT2D eigenvalue weighted by molar-refractivity contribution is 0.757. The molecule has 1 aliphatic rings. The maximum absolute atomic E-state index is 11.1. The van der Waals surface area contributed by atoms with Crippen LogP contribution < -0.4 is 10.9 Å². The van der Waals surface area contributed by atoms with E-state index in [0.717, 1.165) is 24.3 Å². The number of nitrogens with one attached hydrogen (secondary N) is 2. The predicted octanol–water partition coefficient (Wildman–Crippen LogP) is 0.287. The molecule has 3 nitrogen and oxygen atoms in total. The Morgan fingerprint density at radius 2 is 2.27 bits per heavy atom.